The topological polar surface area (TPSA) is 88.6 Å². The van der Waals surface area contributed by atoms with Crippen LogP contribution in [0.1, 0.15) is 47.3 Å². The SMILES string of the molecule is O=C(NOC1CCCCO1)c1cnc(N2CCC(CNCc3cc4ccccc4s3)CC2)nc1. The van der Waals surface area contributed by atoms with Crippen molar-refractivity contribution in [3.05, 3.63) is 53.2 Å². The zero-order chi connectivity index (χ0) is 23.2. The number of carbonyl (C=O) groups excluding carboxylic acids is 1. The number of anilines is 1. The van der Waals surface area contributed by atoms with E-state index in [-0.39, 0.29) is 12.2 Å². The van der Waals surface area contributed by atoms with Crippen LogP contribution in [0, 0.1) is 5.92 Å². The molecule has 2 aliphatic rings. The van der Waals surface area contributed by atoms with Crippen LogP contribution in [0.25, 0.3) is 10.1 Å². The molecule has 2 aromatic heterocycles. The molecular weight excluding hydrogens is 450 g/mol. The molecule has 0 bridgehead atoms. The van der Waals surface area contributed by atoms with E-state index >= 15 is 0 Å². The second kappa shape index (κ2) is 11.2. The summed E-state index contributed by atoms with van der Waals surface area (Å²) in [6, 6.07) is 10.8. The molecule has 4 heterocycles. The van der Waals surface area contributed by atoms with Crippen LogP contribution in [-0.2, 0) is 16.1 Å². The average molecular weight is 482 g/mol. The van der Waals surface area contributed by atoms with Gasteiger partial charge in [0.15, 0.2) is 6.29 Å². The first-order valence-electron chi connectivity index (χ1n) is 12.1. The van der Waals surface area contributed by atoms with Crippen molar-refractivity contribution >= 4 is 33.3 Å². The molecule has 3 aromatic rings. The van der Waals surface area contributed by atoms with Gasteiger partial charge in [-0.1, -0.05) is 18.2 Å². The molecule has 0 saturated carbocycles. The average Bonchev–Trinajstić information content (AvgIpc) is 3.31. The number of aromatic nitrogens is 2. The number of benzene rings is 1. The zero-order valence-corrected chi connectivity index (χ0v) is 20.1. The summed E-state index contributed by atoms with van der Waals surface area (Å²) in [6.07, 6.45) is 7.79. The molecule has 2 fully saturated rings. The van der Waals surface area contributed by atoms with Gasteiger partial charge >= 0.3 is 0 Å². The predicted molar refractivity (Wildman–Crippen MR) is 133 cm³/mol. The number of piperidine rings is 1. The quantitative estimate of drug-likeness (QED) is 0.472. The molecule has 0 spiro atoms. The van der Waals surface area contributed by atoms with Gasteiger partial charge in [0.05, 0.1) is 5.56 Å². The summed E-state index contributed by atoms with van der Waals surface area (Å²) in [4.78, 5) is 30.0. The molecule has 0 radical (unpaired) electrons. The lowest BCUT2D eigenvalue weighted by molar-refractivity contribution is -0.186. The van der Waals surface area contributed by atoms with Crippen LogP contribution >= 0.6 is 11.3 Å². The van der Waals surface area contributed by atoms with Crippen LogP contribution in [0.2, 0.25) is 0 Å². The minimum absolute atomic E-state index is 0.357. The predicted octanol–water partition coefficient (Wildman–Crippen LogP) is 3.89. The van der Waals surface area contributed by atoms with Crippen molar-refractivity contribution < 1.29 is 14.4 Å². The Kier molecular flexibility index (Phi) is 7.65. The van der Waals surface area contributed by atoms with E-state index in [2.05, 4.69) is 56.0 Å². The van der Waals surface area contributed by atoms with E-state index in [9.17, 15) is 4.79 Å². The van der Waals surface area contributed by atoms with Gasteiger partial charge in [0.1, 0.15) is 0 Å². The van der Waals surface area contributed by atoms with Crippen LogP contribution < -0.4 is 15.7 Å². The monoisotopic (exact) mass is 481 g/mol. The number of hydrogen-bond acceptors (Lipinski definition) is 8. The van der Waals surface area contributed by atoms with Gasteiger partial charge in [0.2, 0.25) is 5.95 Å². The highest BCUT2D eigenvalue weighted by Crippen LogP contribution is 2.25. The normalized spacial score (nSPS) is 19.4. The minimum atomic E-state index is -0.376. The molecule has 2 N–H and O–H groups in total. The number of amides is 1. The summed E-state index contributed by atoms with van der Waals surface area (Å²) in [5, 5.41) is 4.96. The van der Waals surface area contributed by atoms with Crippen LogP contribution in [-0.4, -0.2) is 48.4 Å². The molecule has 5 rings (SSSR count). The number of nitrogens with zero attached hydrogens (tertiary/aromatic N) is 3. The second-order valence-corrected chi connectivity index (χ2v) is 10.1. The number of ether oxygens (including phenoxy) is 1. The molecule has 1 unspecified atom stereocenters. The van der Waals surface area contributed by atoms with Crippen molar-refractivity contribution in [1.82, 2.24) is 20.8 Å². The Hall–Kier alpha value is -2.59. The summed E-state index contributed by atoms with van der Waals surface area (Å²) in [5.74, 6) is 0.962. The molecule has 1 aromatic carbocycles. The van der Waals surface area contributed by atoms with Crippen molar-refractivity contribution in [2.24, 2.45) is 5.92 Å². The van der Waals surface area contributed by atoms with E-state index < -0.39 is 0 Å². The molecular formula is C25H31N5O3S. The minimum Gasteiger partial charge on any atom is -0.350 e. The van der Waals surface area contributed by atoms with Crippen molar-refractivity contribution in [2.75, 3.05) is 31.1 Å². The standard InChI is InChI=1S/C25H31N5O3S/c31-24(29-33-23-7-3-4-12-32-23)20-15-27-25(28-16-20)30-10-8-18(9-11-30)14-26-17-21-13-19-5-1-2-6-22(19)34-21/h1-2,5-6,13,15-16,18,23,26H,3-4,7-12,14,17H2,(H,29,31). The summed E-state index contributed by atoms with van der Waals surface area (Å²) in [5.41, 5.74) is 2.82. The highest BCUT2D eigenvalue weighted by molar-refractivity contribution is 7.19. The fraction of sp³-hybridized carbons (Fsp3) is 0.480. The van der Waals surface area contributed by atoms with Gasteiger partial charge in [-0.3, -0.25) is 4.79 Å². The lowest BCUT2D eigenvalue weighted by Gasteiger charge is -2.32. The lowest BCUT2D eigenvalue weighted by Crippen LogP contribution is -2.38. The van der Waals surface area contributed by atoms with Gasteiger partial charge < -0.3 is 15.0 Å². The van der Waals surface area contributed by atoms with Crippen LogP contribution in [0.3, 0.4) is 0 Å². The third-order valence-electron chi connectivity index (χ3n) is 6.43. The molecule has 9 heteroatoms. The summed E-state index contributed by atoms with van der Waals surface area (Å²) in [6.45, 7) is 4.44. The van der Waals surface area contributed by atoms with Crippen molar-refractivity contribution in [1.29, 1.82) is 0 Å². The third kappa shape index (κ3) is 5.90. The second-order valence-electron chi connectivity index (χ2n) is 8.93. The van der Waals surface area contributed by atoms with Gasteiger partial charge in [0.25, 0.3) is 5.91 Å². The highest BCUT2D eigenvalue weighted by Gasteiger charge is 2.22. The Labute approximate surface area is 203 Å². The molecule has 180 valence electrons. The maximum atomic E-state index is 12.3. The van der Waals surface area contributed by atoms with Crippen molar-refractivity contribution in [3.8, 4) is 0 Å². The van der Waals surface area contributed by atoms with E-state index in [4.69, 9.17) is 9.57 Å². The van der Waals surface area contributed by atoms with Crippen LogP contribution in [0.15, 0.2) is 42.7 Å². The van der Waals surface area contributed by atoms with E-state index in [0.717, 1.165) is 58.3 Å². The lowest BCUT2D eigenvalue weighted by atomic mass is 9.97. The number of hydrogen-bond donors (Lipinski definition) is 2. The molecule has 2 saturated heterocycles. The van der Waals surface area contributed by atoms with Crippen LogP contribution in [0.4, 0.5) is 5.95 Å². The maximum Gasteiger partial charge on any atom is 0.278 e. The Balaban J connectivity index is 1.03. The smallest absolute Gasteiger partial charge is 0.278 e. The highest BCUT2D eigenvalue weighted by atomic mass is 32.1. The Morgan fingerprint density at radius 3 is 2.74 bits per heavy atom. The molecule has 2 aliphatic heterocycles. The van der Waals surface area contributed by atoms with Crippen molar-refractivity contribution in [2.45, 2.75) is 44.9 Å². The largest absolute Gasteiger partial charge is 0.350 e. The van der Waals surface area contributed by atoms with Crippen LogP contribution in [0.5, 0.6) is 0 Å². The fourth-order valence-electron chi connectivity index (χ4n) is 4.44. The van der Waals surface area contributed by atoms with E-state index in [1.807, 2.05) is 11.3 Å². The van der Waals surface area contributed by atoms with Gasteiger partial charge in [-0.15, -0.1) is 11.3 Å². The number of carbonyl (C=O) groups is 1. The Bertz CT molecular complexity index is 1040. The molecule has 8 nitrogen and oxygen atoms in total. The number of hydroxylamine groups is 1. The first-order chi connectivity index (χ1) is 16.7. The number of nitrogens with one attached hydrogen (secondary N) is 2. The van der Waals surface area contributed by atoms with Gasteiger partial charge in [-0.25, -0.2) is 20.3 Å². The third-order valence-corrected chi connectivity index (χ3v) is 7.54. The maximum absolute atomic E-state index is 12.3. The summed E-state index contributed by atoms with van der Waals surface area (Å²) < 4.78 is 6.80. The number of fused-ring (bicyclic) bond motifs is 1. The zero-order valence-electron chi connectivity index (χ0n) is 19.2. The van der Waals surface area contributed by atoms with E-state index in [1.54, 1.807) is 12.4 Å². The van der Waals surface area contributed by atoms with E-state index in [1.165, 1.54) is 15.0 Å². The molecule has 0 aliphatic carbocycles. The van der Waals surface area contributed by atoms with Gasteiger partial charge in [-0.05, 0) is 55.7 Å². The Morgan fingerprint density at radius 2 is 1.97 bits per heavy atom. The molecule has 1 amide bonds. The number of rotatable bonds is 8. The molecule has 1 atom stereocenters. The van der Waals surface area contributed by atoms with Gasteiger partial charge in [0, 0.05) is 54.6 Å². The first-order valence-corrected chi connectivity index (χ1v) is 12.9. The summed E-state index contributed by atoms with van der Waals surface area (Å²) in [7, 11) is 0. The first kappa shape index (κ1) is 23.2. The Morgan fingerprint density at radius 1 is 1.15 bits per heavy atom. The number of thiophene rings is 1. The molecule has 34 heavy (non-hydrogen) atoms. The van der Waals surface area contributed by atoms with Crippen molar-refractivity contribution in [3.63, 3.8) is 0 Å². The van der Waals surface area contributed by atoms with E-state index in [0.29, 0.717) is 24.0 Å². The summed E-state index contributed by atoms with van der Waals surface area (Å²) >= 11 is 1.86. The fourth-order valence-corrected chi connectivity index (χ4v) is 5.48. The van der Waals surface area contributed by atoms with Gasteiger partial charge in [-0.2, -0.15) is 0 Å².